The number of hydrogen-bond acceptors (Lipinski definition) is 4. The fourth-order valence-electron chi connectivity index (χ4n) is 2.46. The molecular weight excluding hydrogens is 443 g/mol. The van der Waals surface area contributed by atoms with E-state index >= 15 is 0 Å². The Bertz CT molecular complexity index is 472. The topological polar surface area (TPSA) is 71.7 Å². The fraction of sp³-hybridized carbons (Fsp3) is 0.789. The highest BCUT2D eigenvalue weighted by molar-refractivity contribution is 14.0. The molecule has 0 atom stereocenters. The molecule has 26 heavy (non-hydrogen) atoms. The summed E-state index contributed by atoms with van der Waals surface area (Å²) in [7, 11) is 1.76. The van der Waals surface area contributed by atoms with Crippen LogP contribution in [0.15, 0.2) is 9.41 Å². The van der Waals surface area contributed by atoms with Crippen molar-refractivity contribution in [2.75, 3.05) is 26.8 Å². The zero-order valence-corrected chi connectivity index (χ0v) is 19.2. The first-order valence-electron chi connectivity index (χ1n) is 9.62. The molecule has 1 heterocycles. The number of rotatable bonds is 13. The Balaban J connectivity index is 0.00000625. The summed E-state index contributed by atoms with van der Waals surface area (Å²) in [5, 5.41) is 6.48. The van der Waals surface area contributed by atoms with E-state index in [0.29, 0.717) is 12.4 Å². The summed E-state index contributed by atoms with van der Waals surface area (Å²) in [6.07, 6.45) is 8.79. The number of aliphatic imine (C=N–C) groups is 1. The molecule has 0 spiro atoms. The summed E-state index contributed by atoms with van der Waals surface area (Å²) < 4.78 is 11.2. The Hall–Kier alpha value is -0.830. The second kappa shape index (κ2) is 16.4. The van der Waals surface area contributed by atoms with Gasteiger partial charge in [0.25, 0.3) is 0 Å². The lowest BCUT2D eigenvalue weighted by Gasteiger charge is -2.10. The largest absolute Gasteiger partial charge is 0.444 e. The first-order chi connectivity index (χ1) is 12.2. The van der Waals surface area contributed by atoms with E-state index in [9.17, 15) is 0 Å². The predicted molar refractivity (Wildman–Crippen MR) is 118 cm³/mol. The molecular formula is C19H37IN4O2. The molecule has 6 nitrogen and oxygen atoms in total. The molecule has 7 heteroatoms. The van der Waals surface area contributed by atoms with E-state index in [1.165, 1.54) is 38.5 Å². The smallest absolute Gasteiger partial charge is 0.214 e. The maximum Gasteiger partial charge on any atom is 0.214 e. The maximum atomic E-state index is 5.68. The summed E-state index contributed by atoms with van der Waals surface area (Å²) in [6.45, 7) is 9.14. The molecule has 1 aromatic heterocycles. The number of hydrogen-bond donors (Lipinski definition) is 2. The number of ether oxygens (including phenoxy) is 1. The molecule has 0 saturated carbocycles. The molecule has 0 aliphatic heterocycles. The number of aryl methyl sites for hydroxylation is 2. The van der Waals surface area contributed by atoms with Gasteiger partial charge in [-0.15, -0.1) is 24.0 Å². The van der Waals surface area contributed by atoms with Crippen LogP contribution in [0.25, 0.3) is 0 Å². The minimum Gasteiger partial charge on any atom is -0.444 e. The van der Waals surface area contributed by atoms with Gasteiger partial charge in [-0.05, 0) is 26.7 Å². The highest BCUT2D eigenvalue weighted by Crippen LogP contribution is 2.07. The number of halogens is 1. The lowest BCUT2D eigenvalue weighted by Crippen LogP contribution is -2.37. The van der Waals surface area contributed by atoms with E-state index in [4.69, 9.17) is 9.15 Å². The summed E-state index contributed by atoms with van der Waals surface area (Å²) in [5.41, 5.74) is 0.933. The van der Waals surface area contributed by atoms with Gasteiger partial charge >= 0.3 is 0 Å². The van der Waals surface area contributed by atoms with Gasteiger partial charge in [0.05, 0.1) is 12.2 Å². The molecule has 0 radical (unpaired) electrons. The molecule has 1 rings (SSSR count). The predicted octanol–water partition coefficient (Wildman–Crippen LogP) is 4.34. The Morgan fingerprint density at radius 3 is 2.38 bits per heavy atom. The van der Waals surface area contributed by atoms with E-state index in [1.807, 2.05) is 13.8 Å². The van der Waals surface area contributed by atoms with Gasteiger partial charge in [-0.1, -0.05) is 39.0 Å². The quantitative estimate of drug-likeness (QED) is 0.190. The highest BCUT2D eigenvalue weighted by atomic mass is 127. The van der Waals surface area contributed by atoms with Crippen LogP contribution in [0.4, 0.5) is 0 Å². The summed E-state index contributed by atoms with van der Waals surface area (Å²) in [6, 6.07) is 0. The fourth-order valence-corrected chi connectivity index (χ4v) is 2.46. The number of aromatic nitrogens is 1. The molecule has 0 unspecified atom stereocenters. The van der Waals surface area contributed by atoms with Crippen molar-refractivity contribution in [2.45, 2.75) is 72.3 Å². The second-order valence-corrected chi connectivity index (χ2v) is 6.34. The van der Waals surface area contributed by atoms with Crippen LogP contribution < -0.4 is 10.6 Å². The van der Waals surface area contributed by atoms with Crippen molar-refractivity contribution in [2.24, 2.45) is 4.99 Å². The van der Waals surface area contributed by atoms with Crippen LogP contribution in [0, 0.1) is 13.8 Å². The van der Waals surface area contributed by atoms with Gasteiger partial charge in [-0.2, -0.15) is 0 Å². The van der Waals surface area contributed by atoms with Crippen molar-refractivity contribution < 1.29 is 9.15 Å². The molecule has 0 aliphatic rings. The van der Waals surface area contributed by atoms with Crippen molar-refractivity contribution >= 4 is 29.9 Å². The Morgan fingerprint density at radius 2 is 1.73 bits per heavy atom. The number of unbranched alkanes of at least 4 members (excludes halogenated alkanes) is 5. The van der Waals surface area contributed by atoms with Gasteiger partial charge in [-0.25, -0.2) is 4.98 Å². The van der Waals surface area contributed by atoms with E-state index < -0.39 is 0 Å². The van der Waals surface area contributed by atoms with Gasteiger partial charge in [0.15, 0.2) is 5.96 Å². The first-order valence-corrected chi connectivity index (χ1v) is 9.62. The minimum atomic E-state index is 0. The monoisotopic (exact) mass is 480 g/mol. The van der Waals surface area contributed by atoms with E-state index in [2.05, 4.69) is 27.5 Å². The SMILES string of the molecule is CCCCCCCCOCCCNC(=NC)NCc1nc(C)c(C)o1.I. The lowest BCUT2D eigenvalue weighted by molar-refractivity contribution is 0.128. The van der Waals surface area contributed by atoms with Gasteiger partial charge in [0.1, 0.15) is 5.76 Å². The van der Waals surface area contributed by atoms with Crippen molar-refractivity contribution in [3.8, 4) is 0 Å². The Kier molecular flexibility index (Phi) is 15.8. The van der Waals surface area contributed by atoms with Crippen molar-refractivity contribution in [1.29, 1.82) is 0 Å². The van der Waals surface area contributed by atoms with Crippen molar-refractivity contribution in [3.05, 3.63) is 17.3 Å². The van der Waals surface area contributed by atoms with Gasteiger partial charge in [0.2, 0.25) is 5.89 Å². The van der Waals surface area contributed by atoms with Crippen LogP contribution in [0.3, 0.4) is 0 Å². The molecule has 152 valence electrons. The second-order valence-electron chi connectivity index (χ2n) is 6.34. The Morgan fingerprint density at radius 1 is 1.04 bits per heavy atom. The third-order valence-corrected chi connectivity index (χ3v) is 4.10. The molecule has 1 aromatic rings. The number of oxazole rings is 1. The van der Waals surface area contributed by atoms with Crippen LogP contribution in [0.2, 0.25) is 0 Å². The zero-order valence-electron chi connectivity index (χ0n) is 16.9. The lowest BCUT2D eigenvalue weighted by atomic mass is 10.1. The van der Waals surface area contributed by atoms with Crippen LogP contribution in [-0.2, 0) is 11.3 Å². The molecule has 0 aliphatic carbocycles. The summed E-state index contributed by atoms with van der Waals surface area (Å²) in [5.74, 6) is 2.30. The molecule has 0 aromatic carbocycles. The van der Waals surface area contributed by atoms with E-state index in [-0.39, 0.29) is 24.0 Å². The zero-order chi connectivity index (χ0) is 18.3. The average molecular weight is 480 g/mol. The molecule has 2 N–H and O–H groups in total. The third-order valence-electron chi connectivity index (χ3n) is 4.10. The highest BCUT2D eigenvalue weighted by Gasteiger charge is 2.06. The van der Waals surface area contributed by atoms with E-state index in [0.717, 1.165) is 43.6 Å². The molecule has 0 bridgehead atoms. The van der Waals surface area contributed by atoms with Crippen molar-refractivity contribution in [1.82, 2.24) is 15.6 Å². The maximum absolute atomic E-state index is 5.68. The Labute approximate surface area is 176 Å². The number of nitrogens with one attached hydrogen (secondary N) is 2. The van der Waals surface area contributed by atoms with Gasteiger partial charge in [0, 0.05) is 26.8 Å². The van der Waals surface area contributed by atoms with E-state index in [1.54, 1.807) is 7.05 Å². The first kappa shape index (κ1) is 25.2. The van der Waals surface area contributed by atoms with Crippen LogP contribution in [0.1, 0.15) is 69.2 Å². The van der Waals surface area contributed by atoms with Crippen molar-refractivity contribution in [3.63, 3.8) is 0 Å². The third kappa shape index (κ3) is 11.7. The molecule has 0 saturated heterocycles. The summed E-state index contributed by atoms with van der Waals surface area (Å²) >= 11 is 0. The summed E-state index contributed by atoms with van der Waals surface area (Å²) in [4.78, 5) is 8.55. The minimum absolute atomic E-state index is 0. The molecule has 0 amide bonds. The standard InChI is InChI=1S/C19H36N4O2.HI/c1-5-6-7-8-9-10-13-24-14-11-12-21-19(20-4)22-15-18-23-16(2)17(3)25-18;/h5-15H2,1-4H3,(H2,20,21,22);1H. The van der Waals surface area contributed by atoms with Crippen LogP contribution in [0.5, 0.6) is 0 Å². The van der Waals surface area contributed by atoms with Crippen LogP contribution >= 0.6 is 24.0 Å². The van der Waals surface area contributed by atoms with Gasteiger partial charge < -0.3 is 19.8 Å². The van der Waals surface area contributed by atoms with Gasteiger partial charge in [-0.3, -0.25) is 4.99 Å². The molecule has 0 fully saturated rings. The van der Waals surface area contributed by atoms with Crippen LogP contribution in [-0.4, -0.2) is 37.7 Å². The number of guanidine groups is 1. The average Bonchev–Trinajstić information content (AvgIpc) is 2.93. The normalized spacial score (nSPS) is 11.3. The number of nitrogens with zero attached hydrogens (tertiary/aromatic N) is 2.